The largest absolute Gasteiger partial charge is 0.320 e. The Bertz CT molecular complexity index is 560. The minimum Gasteiger partial charge on any atom is -0.320 e. The summed E-state index contributed by atoms with van der Waals surface area (Å²) in [7, 11) is 6.15. The molecule has 1 rings (SSSR count). The van der Waals surface area contributed by atoms with Gasteiger partial charge >= 0.3 is 0 Å². The minimum atomic E-state index is 0.109. The summed E-state index contributed by atoms with van der Waals surface area (Å²) in [5.41, 5.74) is 4.66. The maximum absolute atomic E-state index is 4.87. The van der Waals surface area contributed by atoms with Crippen LogP contribution in [0.4, 0.5) is 5.69 Å². The smallest absolute Gasteiger partial charge is 0.0704 e. The molecule has 0 fully saturated rings. The first kappa shape index (κ1) is 20.6. The summed E-state index contributed by atoms with van der Waals surface area (Å²) in [6, 6.07) is 8.41. The summed E-state index contributed by atoms with van der Waals surface area (Å²) in [4.78, 5) is 7.01. The first-order valence-electron chi connectivity index (χ1n) is 8.96. The summed E-state index contributed by atoms with van der Waals surface area (Å²) in [6.45, 7) is 13.1. The molecule has 1 atom stereocenters. The minimum absolute atomic E-state index is 0.109. The Labute approximate surface area is 148 Å². The van der Waals surface area contributed by atoms with Crippen LogP contribution in [0.15, 0.2) is 35.8 Å². The van der Waals surface area contributed by atoms with Gasteiger partial charge in [0.25, 0.3) is 0 Å². The highest BCUT2D eigenvalue weighted by Gasteiger charge is 2.27. The molecule has 0 saturated carbocycles. The molecule has 0 aliphatic rings. The number of rotatable bonds is 10. The number of para-hydroxylation sites is 1. The molecule has 0 radical (unpaired) electrons. The lowest BCUT2D eigenvalue weighted by Crippen LogP contribution is -2.20. The number of nitrogens with zero attached hydrogens (tertiary/aromatic N) is 2. The molecule has 0 amide bonds. The van der Waals surface area contributed by atoms with E-state index in [1.54, 1.807) is 0 Å². The molecule has 0 spiro atoms. The molecule has 0 saturated heterocycles. The normalized spacial score (nSPS) is 14.7. The quantitative estimate of drug-likeness (QED) is 0.494. The van der Waals surface area contributed by atoms with Crippen molar-refractivity contribution in [2.45, 2.75) is 40.0 Å². The van der Waals surface area contributed by atoms with Gasteiger partial charge in [0.2, 0.25) is 0 Å². The molecular weight excluding hydrogens is 294 g/mol. The SMILES string of the molecule is C=C(c1ccccc1N=C(C)CN(C)C)C(C)(CC)CCCNC. The molecule has 0 aromatic heterocycles. The van der Waals surface area contributed by atoms with E-state index in [2.05, 4.69) is 75.9 Å². The first-order valence-corrected chi connectivity index (χ1v) is 8.96. The van der Waals surface area contributed by atoms with E-state index >= 15 is 0 Å². The number of aliphatic imine (C=N–C) groups is 1. The Hall–Kier alpha value is -1.45. The van der Waals surface area contributed by atoms with Crippen molar-refractivity contribution in [2.24, 2.45) is 10.4 Å². The lowest BCUT2D eigenvalue weighted by molar-refractivity contribution is 0.380. The lowest BCUT2D eigenvalue weighted by Gasteiger charge is -2.32. The maximum atomic E-state index is 4.87. The monoisotopic (exact) mass is 329 g/mol. The molecule has 3 nitrogen and oxygen atoms in total. The van der Waals surface area contributed by atoms with Crippen molar-refractivity contribution in [3.05, 3.63) is 36.4 Å². The van der Waals surface area contributed by atoms with Crippen molar-refractivity contribution in [3.8, 4) is 0 Å². The molecule has 1 N–H and O–H groups in total. The van der Waals surface area contributed by atoms with Crippen LogP contribution >= 0.6 is 0 Å². The maximum Gasteiger partial charge on any atom is 0.0704 e. The fourth-order valence-electron chi connectivity index (χ4n) is 3.05. The molecule has 0 bridgehead atoms. The van der Waals surface area contributed by atoms with Crippen molar-refractivity contribution in [1.82, 2.24) is 10.2 Å². The summed E-state index contributed by atoms with van der Waals surface area (Å²) in [5.74, 6) is 0. The van der Waals surface area contributed by atoms with Gasteiger partial charge in [-0.2, -0.15) is 0 Å². The molecule has 0 aliphatic carbocycles. The van der Waals surface area contributed by atoms with Gasteiger partial charge in [-0.25, -0.2) is 0 Å². The molecule has 1 unspecified atom stereocenters. The number of hydrogen-bond donors (Lipinski definition) is 1. The summed E-state index contributed by atoms with van der Waals surface area (Å²) < 4.78 is 0. The van der Waals surface area contributed by atoms with E-state index < -0.39 is 0 Å². The first-order chi connectivity index (χ1) is 11.3. The number of hydrogen-bond acceptors (Lipinski definition) is 3. The lowest BCUT2D eigenvalue weighted by atomic mass is 9.73. The molecule has 1 aromatic carbocycles. The van der Waals surface area contributed by atoms with E-state index in [0.717, 1.165) is 43.8 Å². The van der Waals surface area contributed by atoms with Crippen LogP contribution in [0.5, 0.6) is 0 Å². The molecule has 134 valence electrons. The highest BCUT2D eigenvalue weighted by Crippen LogP contribution is 2.43. The van der Waals surface area contributed by atoms with Gasteiger partial charge in [-0.3, -0.25) is 4.99 Å². The molecule has 3 heteroatoms. The van der Waals surface area contributed by atoms with E-state index in [9.17, 15) is 0 Å². The van der Waals surface area contributed by atoms with Crippen LogP contribution in [-0.4, -0.2) is 44.8 Å². The fraction of sp³-hybridized carbons (Fsp3) is 0.571. The second-order valence-electron chi connectivity index (χ2n) is 7.20. The topological polar surface area (TPSA) is 27.6 Å². The van der Waals surface area contributed by atoms with Gasteiger partial charge in [0.05, 0.1) is 5.69 Å². The Morgan fingerprint density at radius 3 is 2.54 bits per heavy atom. The van der Waals surface area contributed by atoms with E-state index in [1.807, 2.05) is 7.05 Å². The van der Waals surface area contributed by atoms with Gasteiger partial charge in [0.15, 0.2) is 0 Å². The van der Waals surface area contributed by atoms with Crippen LogP contribution < -0.4 is 5.32 Å². The third kappa shape index (κ3) is 5.88. The standard InChI is InChI=1S/C21H35N3/c1-8-21(4,14-11-15-22-5)18(3)19-12-9-10-13-20(19)23-17(2)16-24(6)7/h9-10,12-13,22H,3,8,11,14-16H2,1-2,4-7H3. The van der Waals surface area contributed by atoms with Crippen LogP contribution in [0.1, 0.15) is 45.6 Å². The van der Waals surface area contributed by atoms with Gasteiger partial charge in [-0.15, -0.1) is 0 Å². The molecule has 0 heterocycles. The van der Waals surface area contributed by atoms with Gasteiger partial charge < -0.3 is 10.2 Å². The molecule has 24 heavy (non-hydrogen) atoms. The van der Waals surface area contributed by atoms with Crippen LogP contribution in [0, 0.1) is 5.41 Å². The van der Waals surface area contributed by atoms with Gasteiger partial charge in [0, 0.05) is 17.8 Å². The molecular formula is C21H35N3. The summed E-state index contributed by atoms with van der Waals surface area (Å²) >= 11 is 0. The second kappa shape index (κ2) is 9.75. The van der Waals surface area contributed by atoms with E-state index in [0.29, 0.717) is 0 Å². The third-order valence-electron chi connectivity index (χ3n) is 4.75. The summed E-state index contributed by atoms with van der Waals surface area (Å²) in [5, 5.41) is 3.24. The fourth-order valence-corrected chi connectivity index (χ4v) is 3.05. The van der Waals surface area contributed by atoms with Crippen LogP contribution in [-0.2, 0) is 0 Å². The second-order valence-corrected chi connectivity index (χ2v) is 7.20. The number of allylic oxidation sites excluding steroid dienone is 1. The van der Waals surface area contributed by atoms with E-state index in [4.69, 9.17) is 4.99 Å². The van der Waals surface area contributed by atoms with Gasteiger partial charge in [-0.05, 0) is 70.9 Å². The van der Waals surface area contributed by atoms with Crippen molar-refractivity contribution in [3.63, 3.8) is 0 Å². The number of nitrogens with one attached hydrogen (secondary N) is 1. The van der Waals surface area contributed by atoms with Gasteiger partial charge in [0.1, 0.15) is 0 Å². The highest BCUT2D eigenvalue weighted by atomic mass is 15.1. The Kier molecular flexibility index (Phi) is 8.37. The average Bonchev–Trinajstić information content (AvgIpc) is 2.54. The van der Waals surface area contributed by atoms with Crippen LogP contribution in [0.2, 0.25) is 0 Å². The van der Waals surface area contributed by atoms with Crippen LogP contribution in [0.3, 0.4) is 0 Å². The Balaban J connectivity index is 3.09. The predicted octanol–water partition coefficient (Wildman–Crippen LogP) is 4.77. The summed E-state index contributed by atoms with van der Waals surface area (Å²) in [6.07, 6.45) is 3.38. The Morgan fingerprint density at radius 2 is 1.96 bits per heavy atom. The Morgan fingerprint density at radius 1 is 1.29 bits per heavy atom. The van der Waals surface area contributed by atoms with E-state index in [-0.39, 0.29) is 5.41 Å². The predicted molar refractivity (Wildman–Crippen MR) is 108 cm³/mol. The third-order valence-corrected chi connectivity index (χ3v) is 4.75. The average molecular weight is 330 g/mol. The van der Waals surface area contributed by atoms with Crippen molar-refractivity contribution >= 4 is 17.0 Å². The van der Waals surface area contributed by atoms with Gasteiger partial charge in [-0.1, -0.05) is 38.6 Å². The highest BCUT2D eigenvalue weighted by molar-refractivity contribution is 5.88. The zero-order chi connectivity index (χ0) is 18.2. The van der Waals surface area contributed by atoms with Crippen molar-refractivity contribution in [1.29, 1.82) is 0 Å². The van der Waals surface area contributed by atoms with Crippen molar-refractivity contribution in [2.75, 3.05) is 34.2 Å². The molecule has 0 aliphatic heterocycles. The van der Waals surface area contributed by atoms with E-state index in [1.165, 1.54) is 11.1 Å². The molecule has 1 aromatic rings. The zero-order valence-corrected chi connectivity index (χ0v) is 16.4. The van der Waals surface area contributed by atoms with Crippen molar-refractivity contribution < 1.29 is 0 Å². The zero-order valence-electron chi connectivity index (χ0n) is 16.4. The van der Waals surface area contributed by atoms with Crippen LogP contribution in [0.25, 0.3) is 5.57 Å². The number of benzene rings is 1.